The lowest BCUT2D eigenvalue weighted by atomic mass is 9.90. The Labute approximate surface area is 206 Å². The molecule has 2 aliphatic rings. The van der Waals surface area contributed by atoms with Crippen molar-refractivity contribution in [2.24, 2.45) is 0 Å². The number of benzene rings is 1. The number of anilines is 1. The lowest BCUT2D eigenvalue weighted by molar-refractivity contribution is -0.709. The van der Waals surface area contributed by atoms with Gasteiger partial charge in [0.15, 0.2) is 11.4 Å². The fraction of sp³-hybridized carbons (Fsp3) is 0.519. The molecule has 1 N–H and O–H groups in total. The first kappa shape index (κ1) is 27.2. The Morgan fingerprint density at radius 1 is 0.829 bits per heavy atom. The number of aliphatic hydroxyl groups excluding tert-OH is 1. The van der Waals surface area contributed by atoms with Gasteiger partial charge in [0.05, 0.1) is 0 Å². The van der Waals surface area contributed by atoms with Crippen LogP contribution in [0.2, 0.25) is 0 Å². The van der Waals surface area contributed by atoms with Crippen molar-refractivity contribution < 1.29 is 26.9 Å². The van der Waals surface area contributed by atoms with Crippen molar-refractivity contribution in [2.45, 2.75) is 71.8 Å². The molecule has 0 saturated heterocycles. The van der Waals surface area contributed by atoms with Gasteiger partial charge in [-0.1, -0.05) is 18.6 Å². The van der Waals surface area contributed by atoms with Crippen LogP contribution in [0.25, 0.3) is 12.2 Å². The van der Waals surface area contributed by atoms with Crippen molar-refractivity contribution in [3.8, 4) is 0 Å². The van der Waals surface area contributed by atoms with E-state index in [-0.39, 0.29) is 0 Å². The van der Waals surface area contributed by atoms with Crippen LogP contribution in [0.4, 0.5) is 23.0 Å². The zero-order valence-corrected chi connectivity index (χ0v) is 20.9. The minimum absolute atomic E-state index is 0.316. The summed E-state index contributed by atoms with van der Waals surface area (Å²) in [5, 5.41) is 8.92. The summed E-state index contributed by atoms with van der Waals surface area (Å²) < 4.78 is 41.4. The standard InChI is InChI=1S/C27H37N2O.BF4/c1-21-17-23(18-22(2)29(21)15-5-3-4-6-16-30)11-12-24-19-25-9-7-13-28-14-8-10-26(20-24)27(25)28;2-1(3,4)5/h11-12,17-20,30H,3-10,13-16H2,1-2H3;/q+1;-1. The molecule has 1 aromatic heterocycles. The maximum atomic E-state index is 9.75. The van der Waals surface area contributed by atoms with E-state index in [0.29, 0.717) is 6.61 Å². The van der Waals surface area contributed by atoms with Crippen molar-refractivity contribution in [3.63, 3.8) is 0 Å². The molecule has 0 amide bonds. The second-order valence-electron chi connectivity index (χ2n) is 9.57. The Hall–Kier alpha value is -2.35. The number of aromatic nitrogens is 1. The number of hydrogen-bond donors (Lipinski definition) is 1. The van der Waals surface area contributed by atoms with E-state index in [4.69, 9.17) is 5.11 Å². The molecule has 0 spiro atoms. The van der Waals surface area contributed by atoms with E-state index in [1.165, 1.54) is 74.1 Å². The quantitative estimate of drug-likeness (QED) is 0.202. The van der Waals surface area contributed by atoms with E-state index in [0.717, 1.165) is 19.4 Å². The SMILES string of the molecule is Cc1cc(/C=C/c2cc3c4c(c2)CCCN4CCC3)cc(C)[n+]1CCCCCCO.F[B-](F)(F)F. The third-order valence-electron chi connectivity index (χ3n) is 6.72. The zero-order chi connectivity index (χ0) is 25.4. The summed E-state index contributed by atoms with van der Waals surface area (Å²) in [4.78, 5) is 2.61. The second-order valence-corrected chi connectivity index (χ2v) is 9.57. The number of hydrogen-bond acceptors (Lipinski definition) is 2. The predicted octanol–water partition coefficient (Wildman–Crippen LogP) is 6.31. The van der Waals surface area contributed by atoms with Gasteiger partial charge in [-0.2, -0.15) is 0 Å². The van der Waals surface area contributed by atoms with Crippen molar-refractivity contribution in [2.75, 3.05) is 24.6 Å². The summed E-state index contributed by atoms with van der Waals surface area (Å²) in [7, 11) is -6.00. The van der Waals surface area contributed by atoms with Crippen LogP contribution in [-0.2, 0) is 19.4 Å². The number of aliphatic hydroxyl groups is 1. The molecule has 0 saturated carbocycles. The highest BCUT2D eigenvalue weighted by molar-refractivity contribution is 6.50. The number of aryl methyl sites for hydroxylation is 4. The van der Waals surface area contributed by atoms with Gasteiger partial charge in [0, 0.05) is 57.8 Å². The van der Waals surface area contributed by atoms with Crippen molar-refractivity contribution in [1.82, 2.24) is 0 Å². The van der Waals surface area contributed by atoms with Crippen LogP contribution in [0.5, 0.6) is 0 Å². The average molecular weight is 492 g/mol. The minimum Gasteiger partial charge on any atom is -0.418 e. The fourth-order valence-corrected chi connectivity index (χ4v) is 5.26. The van der Waals surface area contributed by atoms with E-state index < -0.39 is 7.25 Å². The van der Waals surface area contributed by atoms with Gasteiger partial charge >= 0.3 is 7.25 Å². The van der Waals surface area contributed by atoms with Crippen LogP contribution in [0.3, 0.4) is 0 Å². The zero-order valence-electron chi connectivity index (χ0n) is 20.9. The van der Waals surface area contributed by atoms with Crippen LogP contribution in [0.15, 0.2) is 24.3 Å². The van der Waals surface area contributed by atoms with Gasteiger partial charge in [-0.05, 0) is 72.9 Å². The van der Waals surface area contributed by atoms with Gasteiger partial charge in [0.25, 0.3) is 0 Å². The fourth-order valence-electron chi connectivity index (χ4n) is 5.26. The smallest absolute Gasteiger partial charge is 0.418 e. The van der Waals surface area contributed by atoms with Crippen LogP contribution < -0.4 is 9.47 Å². The Balaban J connectivity index is 0.000000623. The van der Waals surface area contributed by atoms with Gasteiger partial charge in [-0.25, -0.2) is 4.57 Å². The Kier molecular flexibility index (Phi) is 9.78. The number of pyridine rings is 1. The third-order valence-corrected chi connectivity index (χ3v) is 6.72. The molecule has 0 fully saturated rings. The number of halogens is 4. The second kappa shape index (κ2) is 12.6. The van der Waals surface area contributed by atoms with E-state index in [2.05, 4.69) is 59.7 Å². The van der Waals surface area contributed by atoms with Crippen LogP contribution in [-0.4, -0.2) is 32.1 Å². The summed E-state index contributed by atoms with van der Waals surface area (Å²) in [6.45, 7) is 8.29. The van der Waals surface area contributed by atoms with Crippen LogP contribution in [0, 0.1) is 13.8 Å². The minimum atomic E-state index is -6.00. The average Bonchev–Trinajstić information content (AvgIpc) is 2.78. The molecule has 0 unspecified atom stereocenters. The van der Waals surface area contributed by atoms with Crippen LogP contribution in [0.1, 0.15) is 72.2 Å². The summed E-state index contributed by atoms with van der Waals surface area (Å²) in [6.07, 6.45) is 14.0. The largest absolute Gasteiger partial charge is 0.673 e. The monoisotopic (exact) mass is 492 g/mol. The normalized spacial score (nSPS) is 15.1. The molecule has 8 heteroatoms. The van der Waals surface area contributed by atoms with E-state index in [1.54, 1.807) is 16.8 Å². The van der Waals surface area contributed by atoms with Gasteiger partial charge in [-0.3, -0.25) is 0 Å². The number of rotatable bonds is 8. The Bertz CT molecular complexity index is 963. The van der Waals surface area contributed by atoms with Gasteiger partial charge in [0.2, 0.25) is 0 Å². The Morgan fingerprint density at radius 2 is 1.31 bits per heavy atom. The van der Waals surface area contributed by atoms with E-state index in [9.17, 15) is 17.3 Å². The maximum absolute atomic E-state index is 9.75. The molecule has 1 aromatic carbocycles. The Morgan fingerprint density at radius 3 is 1.83 bits per heavy atom. The first-order valence-electron chi connectivity index (χ1n) is 12.7. The van der Waals surface area contributed by atoms with Crippen molar-refractivity contribution in [3.05, 3.63) is 57.9 Å². The molecule has 0 atom stereocenters. The molecule has 0 radical (unpaired) electrons. The number of nitrogens with zero attached hydrogens (tertiary/aromatic N) is 2. The molecule has 4 rings (SSSR count). The molecule has 2 aliphatic heterocycles. The molecule has 3 heterocycles. The summed E-state index contributed by atoms with van der Waals surface area (Å²) in [5.41, 5.74) is 9.95. The third kappa shape index (κ3) is 8.37. The lowest BCUT2D eigenvalue weighted by Crippen LogP contribution is -2.40. The highest BCUT2D eigenvalue weighted by Crippen LogP contribution is 2.36. The highest BCUT2D eigenvalue weighted by Gasteiger charge is 2.24. The molecule has 35 heavy (non-hydrogen) atoms. The van der Waals surface area contributed by atoms with Crippen LogP contribution >= 0.6 is 0 Å². The molecule has 0 aliphatic carbocycles. The van der Waals surface area contributed by atoms with Gasteiger partial charge in [-0.15, -0.1) is 0 Å². The lowest BCUT2D eigenvalue weighted by Gasteiger charge is -2.37. The molecule has 2 aromatic rings. The first-order valence-corrected chi connectivity index (χ1v) is 12.7. The topological polar surface area (TPSA) is 27.4 Å². The molecular weight excluding hydrogens is 455 g/mol. The van der Waals surface area contributed by atoms with E-state index >= 15 is 0 Å². The van der Waals surface area contributed by atoms with E-state index in [1.807, 2.05) is 0 Å². The molecule has 0 bridgehead atoms. The summed E-state index contributed by atoms with van der Waals surface area (Å²) in [6, 6.07) is 9.45. The number of unbranched alkanes of at least 4 members (excludes halogenated alkanes) is 3. The van der Waals surface area contributed by atoms with Gasteiger partial charge in [0.1, 0.15) is 6.54 Å². The highest BCUT2D eigenvalue weighted by atomic mass is 19.5. The molecule has 192 valence electrons. The van der Waals surface area contributed by atoms with Crippen molar-refractivity contribution >= 4 is 25.1 Å². The van der Waals surface area contributed by atoms with Gasteiger partial charge < -0.3 is 27.3 Å². The summed E-state index contributed by atoms with van der Waals surface area (Å²) in [5.74, 6) is 0. The summed E-state index contributed by atoms with van der Waals surface area (Å²) >= 11 is 0. The first-order chi connectivity index (χ1) is 16.7. The predicted molar refractivity (Wildman–Crippen MR) is 136 cm³/mol. The maximum Gasteiger partial charge on any atom is 0.673 e. The molecular formula is C27H37BF4N2O. The molecule has 3 nitrogen and oxygen atoms in total. The van der Waals surface area contributed by atoms with Crippen molar-refractivity contribution in [1.29, 1.82) is 0 Å².